The van der Waals surface area contributed by atoms with Crippen LogP contribution in [0.2, 0.25) is 0 Å². The molecule has 0 bridgehead atoms. The van der Waals surface area contributed by atoms with Crippen molar-refractivity contribution in [1.82, 2.24) is 24.6 Å². The minimum absolute atomic E-state index is 0.263. The molecule has 1 amide bonds. The Hall–Kier alpha value is -3.41. The smallest absolute Gasteiger partial charge is 0.223 e. The summed E-state index contributed by atoms with van der Waals surface area (Å²) in [6.45, 7) is 3.87. The quantitative estimate of drug-likeness (QED) is 0.513. The van der Waals surface area contributed by atoms with Gasteiger partial charge in [0.05, 0.1) is 6.20 Å². The summed E-state index contributed by atoms with van der Waals surface area (Å²) in [6.07, 6.45) is 10.1. The number of pyridine rings is 1. The second-order valence-corrected chi connectivity index (χ2v) is 8.57. The van der Waals surface area contributed by atoms with Crippen molar-refractivity contribution >= 4 is 16.9 Å². The maximum atomic E-state index is 12.8. The van der Waals surface area contributed by atoms with E-state index in [4.69, 9.17) is 4.98 Å². The lowest BCUT2D eigenvalue weighted by atomic mass is 10.1. The summed E-state index contributed by atoms with van der Waals surface area (Å²) < 4.78 is 2.23. The van der Waals surface area contributed by atoms with Gasteiger partial charge in [-0.3, -0.25) is 9.89 Å². The molecule has 0 aliphatic carbocycles. The fraction of sp³-hybridized carbons (Fsp3) is 0.320. The molecule has 1 unspecified atom stereocenters. The monoisotopic (exact) mass is 413 g/mol. The Morgan fingerprint density at radius 3 is 2.84 bits per heavy atom. The van der Waals surface area contributed by atoms with Crippen molar-refractivity contribution in [1.29, 1.82) is 0 Å². The number of carbonyl (C=O) groups excluding carboxylic acids is 1. The fourth-order valence-corrected chi connectivity index (χ4v) is 4.73. The average molecular weight is 414 g/mol. The largest absolute Gasteiger partial charge is 0.340 e. The summed E-state index contributed by atoms with van der Waals surface area (Å²) in [4.78, 5) is 19.6. The average Bonchev–Trinajstić information content (AvgIpc) is 3.53. The Kier molecular flexibility index (Phi) is 5.28. The third-order valence-corrected chi connectivity index (χ3v) is 6.34. The van der Waals surface area contributed by atoms with Crippen molar-refractivity contribution in [3.8, 4) is 11.1 Å². The molecular weight excluding hydrogens is 386 g/mol. The highest BCUT2D eigenvalue weighted by Gasteiger charge is 2.32. The lowest BCUT2D eigenvalue weighted by Gasteiger charge is -2.21. The van der Waals surface area contributed by atoms with Crippen molar-refractivity contribution in [2.45, 2.75) is 38.8 Å². The summed E-state index contributed by atoms with van der Waals surface area (Å²) >= 11 is 0. The minimum Gasteiger partial charge on any atom is -0.340 e. The van der Waals surface area contributed by atoms with E-state index in [0.29, 0.717) is 12.3 Å². The van der Waals surface area contributed by atoms with Gasteiger partial charge < -0.3 is 9.47 Å². The topological polar surface area (TPSA) is 66.8 Å². The van der Waals surface area contributed by atoms with Gasteiger partial charge in [-0.05, 0) is 43.4 Å². The molecule has 1 aliphatic rings. The van der Waals surface area contributed by atoms with E-state index in [0.717, 1.165) is 48.1 Å². The molecule has 31 heavy (non-hydrogen) atoms. The van der Waals surface area contributed by atoms with Gasteiger partial charge >= 0.3 is 0 Å². The molecule has 1 saturated heterocycles. The molecule has 0 radical (unpaired) electrons. The van der Waals surface area contributed by atoms with Crippen LogP contribution < -0.4 is 0 Å². The van der Waals surface area contributed by atoms with Crippen LogP contribution in [0.15, 0.2) is 67.3 Å². The molecule has 3 aromatic heterocycles. The van der Waals surface area contributed by atoms with Crippen LogP contribution >= 0.6 is 0 Å². The molecule has 0 saturated carbocycles. The summed E-state index contributed by atoms with van der Waals surface area (Å²) in [6, 6.07) is 14.8. The van der Waals surface area contributed by atoms with Gasteiger partial charge in [-0.2, -0.15) is 5.10 Å². The number of hydrogen-bond donors (Lipinski definition) is 1. The summed E-state index contributed by atoms with van der Waals surface area (Å²) in [7, 11) is 0. The van der Waals surface area contributed by atoms with Gasteiger partial charge in [0.1, 0.15) is 5.65 Å². The van der Waals surface area contributed by atoms with Crippen molar-refractivity contribution in [2.75, 3.05) is 6.54 Å². The Morgan fingerprint density at radius 1 is 1.16 bits per heavy atom. The van der Waals surface area contributed by atoms with Gasteiger partial charge in [0.2, 0.25) is 5.91 Å². The number of carbonyl (C=O) groups is 1. The normalized spacial score (nSPS) is 18.7. The SMILES string of the molecule is C[C@@H]1CC(Cn2ccc3cc(-c4cn[nH]c4)cnc32)CN1C(=O)CCc1ccccc1. The predicted octanol–water partition coefficient (Wildman–Crippen LogP) is 4.30. The molecule has 1 aromatic carbocycles. The number of nitrogens with one attached hydrogen (secondary N) is 1. The van der Waals surface area contributed by atoms with Crippen LogP contribution in [0.1, 0.15) is 25.3 Å². The van der Waals surface area contributed by atoms with Gasteiger partial charge in [0.25, 0.3) is 0 Å². The molecule has 2 atom stereocenters. The number of H-pyrrole nitrogens is 1. The number of benzene rings is 1. The number of amides is 1. The van der Waals surface area contributed by atoms with E-state index < -0.39 is 0 Å². The summed E-state index contributed by atoms with van der Waals surface area (Å²) in [5.41, 5.74) is 4.31. The van der Waals surface area contributed by atoms with Crippen molar-refractivity contribution < 1.29 is 4.79 Å². The van der Waals surface area contributed by atoms with Crippen LogP contribution in [0.25, 0.3) is 22.2 Å². The second-order valence-electron chi connectivity index (χ2n) is 8.57. The molecule has 1 aliphatic heterocycles. The summed E-state index contributed by atoms with van der Waals surface area (Å²) in [5, 5.41) is 8.00. The van der Waals surface area contributed by atoms with Crippen LogP contribution in [-0.4, -0.2) is 43.1 Å². The van der Waals surface area contributed by atoms with E-state index in [9.17, 15) is 4.79 Å². The number of rotatable bonds is 6. The molecule has 6 heteroatoms. The molecule has 4 heterocycles. The number of nitrogens with zero attached hydrogens (tertiary/aromatic N) is 4. The van der Waals surface area contributed by atoms with Gasteiger partial charge in [-0.25, -0.2) is 4.98 Å². The number of fused-ring (bicyclic) bond motifs is 1. The van der Waals surface area contributed by atoms with Gasteiger partial charge in [0, 0.05) is 60.7 Å². The van der Waals surface area contributed by atoms with Gasteiger partial charge in [-0.15, -0.1) is 0 Å². The first-order valence-electron chi connectivity index (χ1n) is 10.9. The first kappa shape index (κ1) is 19.5. The molecule has 0 spiro atoms. The van der Waals surface area contributed by atoms with Crippen LogP contribution in [-0.2, 0) is 17.8 Å². The first-order chi connectivity index (χ1) is 15.2. The number of hydrogen-bond acceptors (Lipinski definition) is 3. The van der Waals surface area contributed by atoms with E-state index >= 15 is 0 Å². The minimum atomic E-state index is 0.263. The molecule has 5 rings (SSSR count). The maximum Gasteiger partial charge on any atom is 0.223 e. The van der Waals surface area contributed by atoms with Crippen molar-refractivity contribution in [3.63, 3.8) is 0 Å². The highest BCUT2D eigenvalue weighted by Crippen LogP contribution is 2.28. The second kappa shape index (κ2) is 8.38. The first-order valence-corrected chi connectivity index (χ1v) is 10.9. The molecular formula is C25H27N5O. The third kappa shape index (κ3) is 4.10. The zero-order valence-electron chi connectivity index (χ0n) is 17.7. The van der Waals surface area contributed by atoms with Crippen molar-refractivity contribution in [2.24, 2.45) is 5.92 Å². The number of aromatic amines is 1. The summed E-state index contributed by atoms with van der Waals surface area (Å²) in [5.74, 6) is 0.709. The van der Waals surface area contributed by atoms with Crippen LogP contribution in [0, 0.1) is 5.92 Å². The van der Waals surface area contributed by atoms with E-state index in [-0.39, 0.29) is 11.9 Å². The predicted molar refractivity (Wildman–Crippen MR) is 121 cm³/mol. The Bertz CT molecular complexity index is 1170. The fourth-order valence-electron chi connectivity index (χ4n) is 4.73. The molecule has 1 fully saturated rings. The van der Waals surface area contributed by atoms with Gasteiger partial charge in [-0.1, -0.05) is 30.3 Å². The maximum absolute atomic E-state index is 12.8. The van der Waals surface area contributed by atoms with Crippen LogP contribution in [0.3, 0.4) is 0 Å². The van der Waals surface area contributed by atoms with Crippen molar-refractivity contribution in [3.05, 3.63) is 72.8 Å². The standard InChI is InChI=1S/C25H27N5O/c1-18-11-20(17-30(18)24(31)8-7-19-5-3-2-4-6-19)16-29-10-9-21-12-22(13-26-25(21)29)23-14-27-28-15-23/h2-6,9-10,12-15,18,20H,7-8,11,16-17H2,1H3,(H,27,28)/t18-,20?/m1/s1. The molecule has 158 valence electrons. The Labute approximate surface area is 181 Å². The Balaban J connectivity index is 1.23. The zero-order chi connectivity index (χ0) is 21.2. The molecule has 6 nitrogen and oxygen atoms in total. The zero-order valence-corrected chi connectivity index (χ0v) is 17.7. The third-order valence-electron chi connectivity index (χ3n) is 6.34. The number of likely N-dealkylation sites (tertiary alicyclic amines) is 1. The van der Waals surface area contributed by atoms with E-state index in [1.165, 1.54) is 5.56 Å². The Morgan fingerprint density at radius 2 is 2.03 bits per heavy atom. The van der Waals surface area contributed by atoms with E-state index in [2.05, 4.69) is 57.1 Å². The lowest BCUT2D eigenvalue weighted by molar-refractivity contribution is -0.131. The number of aryl methyl sites for hydroxylation is 1. The van der Waals surface area contributed by atoms with Gasteiger partial charge in [0.15, 0.2) is 0 Å². The highest BCUT2D eigenvalue weighted by molar-refractivity contribution is 5.81. The highest BCUT2D eigenvalue weighted by atomic mass is 16.2. The number of aromatic nitrogens is 4. The van der Waals surface area contributed by atoms with Crippen LogP contribution in [0.4, 0.5) is 0 Å². The molecule has 1 N–H and O–H groups in total. The van der Waals surface area contributed by atoms with E-state index in [1.807, 2.05) is 36.8 Å². The lowest BCUT2D eigenvalue weighted by Crippen LogP contribution is -2.34. The van der Waals surface area contributed by atoms with Crippen LogP contribution in [0.5, 0.6) is 0 Å². The van der Waals surface area contributed by atoms with E-state index in [1.54, 1.807) is 0 Å². The molecule has 4 aromatic rings.